The molecule has 94 valence electrons. The number of nitrogens with zero attached hydrogens (tertiary/aromatic N) is 1. The van der Waals surface area contributed by atoms with E-state index in [4.69, 9.17) is 4.42 Å². The van der Waals surface area contributed by atoms with Crippen LogP contribution in [0.1, 0.15) is 11.5 Å². The largest absolute Gasteiger partial charge is 0.463 e. The van der Waals surface area contributed by atoms with Crippen LogP contribution in [0, 0.1) is 0 Å². The number of furan rings is 1. The Morgan fingerprint density at radius 3 is 2.83 bits per heavy atom. The number of amides is 1. The molecule has 0 fully saturated rings. The van der Waals surface area contributed by atoms with E-state index >= 15 is 0 Å². The van der Waals surface area contributed by atoms with Gasteiger partial charge in [-0.15, -0.1) is 0 Å². The van der Waals surface area contributed by atoms with Crippen molar-refractivity contribution < 1.29 is 9.21 Å². The van der Waals surface area contributed by atoms with Gasteiger partial charge in [0.15, 0.2) is 5.76 Å². The monoisotopic (exact) mass is 245 g/mol. The Balaban J connectivity index is 1.82. The number of nitrogens with one attached hydrogen (secondary N) is 2. The van der Waals surface area contributed by atoms with Crippen molar-refractivity contribution >= 4 is 11.6 Å². The van der Waals surface area contributed by atoms with Crippen molar-refractivity contribution in [1.29, 1.82) is 0 Å². The lowest BCUT2D eigenvalue weighted by Gasteiger charge is -2.09. The average Bonchev–Trinajstić information content (AvgIpc) is 2.99. The molecule has 0 saturated carbocycles. The van der Waals surface area contributed by atoms with E-state index in [1.54, 1.807) is 18.4 Å². The summed E-state index contributed by atoms with van der Waals surface area (Å²) in [5.41, 5.74) is 6.75. The second-order valence-electron chi connectivity index (χ2n) is 3.92. The zero-order valence-corrected chi connectivity index (χ0v) is 10.1. The summed E-state index contributed by atoms with van der Waals surface area (Å²) in [5.74, 6) is 0.457. The maximum atomic E-state index is 11.7. The lowest BCUT2D eigenvalue weighted by Crippen LogP contribution is -2.37. The summed E-state index contributed by atoms with van der Waals surface area (Å²) in [5, 5.41) is 0. The van der Waals surface area contributed by atoms with Gasteiger partial charge in [0.25, 0.3) is 0 Å². The minimum atomic E-state index is -0.135. The number of hydrogen-bond acceptors (Lipinski definition) is 3. The van der Waals surface area contributed by atoms with Crippen LogP contribution in [0.2, 0.25) is 0 Å². The van der Waals surface area contributed by atoms with Gasteiger partial charge in [-0.2, -0.15) is 0 Å². The third-order valence-corrected chi connectivity index (χ3v) is 2.56. The molecule has 5 nitrogen and oxygen atoms in total. The maximum absolute atomic E-state index is 11.7. The Labute approximate surface area is 105 Å². The molecule has 0 aromatic carbocycles. The maximum Gasteiger partial charge on any atom is 0.244 e. The van der Waals surface area contributed by atoms with Gasteiger partial charge in [-0.3, -0.25) is 15.6 Å². The molecule has 0 aliphatic carbocycles. The van der Waals surface area contributed by atoms with Crippen molar-refractivity contribution in [1.82, 2.24) is 15.4 Å². The molecule has 0 bridgehead atoms. The van der Waals surface area contributed by atoms with Gasteiger partial charge in [0.2, 0.25) is 5.91 Å². The van der Waals surface area contributed by atoms with Gasteiger partial charge in [-0.1, -0.05) is 6.58 Å². The number of hydrazine groups is 1. The number of hydrogen-bond donors (Lipinski definition) is 2. The smallest absolute Gasteiger partial charge is 0.244 e. The Morgan fingerprint density at radius 1 is 1.39 bits per heavy atom. The van der Waals surface area contributed by atoms with E-state index in [-0.39, 0.29) is 5.91 Å². The van der Waals surface area contributed by atoms with Crippen LogP contribution < -0.4 is 10.9 Å². The average molecular weight is 245 g/mol. The number of aryl methyl sites for hydroxylation is 1. The first-order chi connectivity index (χ1) is 8.66. The molecular formula is C13H15N3O2. The Kier molecular flexibility index (Phi) is 3.52. The van der Waals surface area contributed by atoms with Gasteiger partial charge >= 0.3 is 0 Å². The number of carbonyl (C=O) groups excluding carboxylic acids is 1. The lowest BCUT2D eigenvalue weighted by molar-refractivity contribution is -0.121. The van der Waals surface area contributed by atoms with Gasteiger partial charge in [0.1, 0.15) is 0 Å². The van der Waals surface area contributed by atoms with Crippen LogP contribution in [0.25, 0.3) is 5.70 Å². The normalized spacial score (nSPS) is 10.1. The number of aromatic nitrogens is 1. The molecule has 0 spiro atoms. The number of rotatable bonds is 5. The van der Waals surface area contributed by atoms with Crippen molar-refractivity contribution in [3.8, 4) is 0 Å². The summed E-state index contributed by atoms with van der Waals surface area (Å²) in [6.45, 7) is 3.76. The molecule has 0 aliphatic heterocycles. The first-order valence-corrected chi connectivity index (χ1v) is 5.54. The zero-order chi connectivity index (χ0) is 13.0. The molecule has 2 N–H and O–H groups in total. The van der Waals surface area contributed by atoms with E-state index in [2.05, 4.69) is 17.4 Å². The summed E-state index contributed by atoms with van der Waals surface area (Å²) in [6.07, 6.45) is 3.76. The molecule has 5 heteroatoms. The van der Waals surface area contributed by atoms with Crippen molar-refractivity contribution in [2.24, 2.45) is 7.05 Å². The van der Waals surface area contributed by atoms with E-state index in [0.717, 1.165) is 5.69 Å². The molecule has 0 atom stereocenters. The Morgan fingerprint density at radius 2 is 2.22 bits per heavy atom. The van der Waals surface area contributed by atoms with E-state index in [9.17, 15) is 4.79 Å². The molecule has 0 aliphatic rings. The molecule has 18 heavy (non-hydrogen) atoms. The van der Waals surface area contributed by atoms with Gasteiger partial charge in [0, 0.05) is 18.9 Å². The van der Waals surface area contributed by atoms with Crippen LogP contribution in [-0.4, -0.2) is 10.5 Å². The highest BCUT2D eigenvalue weighted by Crippen LogP contribution is 2.08. The fraction of sp³-hybridized carbons (Fsp3) is 0.154. The molecule has 0 radical (unpaired) electrons. The van der Waals surface area contributed by atoms with Gasteiger partial charge in [-0.25, -0.2) is 0 Å². The fourth-order valence-electron chi connectivity index (χ4n) is 1.55. The van der Waals surface area contributed by atoms with Gasteiger partial charge < -0.3 is 8.98 Å². The van der Waals surface area contributed by atoms with Crippen LogP contribution in [0.4, 0.5) is 0 Å². The molecular weight excluding hydrogens is 230 g/mol. The van der Waals surface area contributed by atoms with Crippen LogP contribution in [-0.2, 0) is 18.3 Å². The van der Waals surface area contributed by atoms with Gasteiger partial charge in [0.05, 0.1) is 18.4 Å². The third-order valence-electron chi connectivity index (χ3n) is 2.56. The molecule has 2 rings (SSSR count). The third kappa shape index (κ3) is 2.82. The summed E-state index contributed by atoms with van der Waals surface area (Å²) < 4.78 is 7.04. The standard InChI is InChI=1S/C13H15N3O2/c1-10(12-6-4-8-18-12)14-15-13(17)9-11-5-3-7-16(11)2/h3-8,14H,1,9H2,2H3,(H,15,17). The minimum absolute atomic E-state index is 0.135. The molecule has 0 unspecified atom stereocenters. The van der Waals surface area contributed by atoms with Crippen LogP contribution in [0.15, 0.2) is 47.7 Å². The van der Waals surface area contributed by atoms with Gasteiger partial charge in [-0.05, 0) is 24.3 Å². The van der Waals surface area contributed by atoms with Crippen LogP contribution >= 0.6 is 0 Å². The molecule has 2 heterocycles. The second-order valence-corrected chi connectivity index (χ2v) is 3.92. The lowest BCUT2D eigenvalue weighted by atomic mass is 10.3. The quantitative estimate of drug-likeness (QED) is 0.784. The molecule has 0 saturated heterocycles. The van der Waals surface area contributed by atoms with Crippen molar-refractivity contribution in [2.75, 3.05) is 0 Å². The highest BCUT2D eigenvalue weighted by molar-refractivity contribution is 5.78. The second kappa shape index (κ2) is 5.27. The zero-order valence-electron chi connectivity index (χ0n) is 10.1. The van der Waals surface area contributed by atoms with Crippen LogP contribution in [0.3, 0.4) is 0 Å². The van der Waals surface area contributed by atoms with E-state index in [0.29, 0.717) is 17.9 Å². The molecule has 1 amide bonds. The first kappa shape index (κ1) is 12.0. The minimum Gasteiger partial charge on any atom is -0.463 e. The van der Waals surface area contributed by atoms with E-state index < -0.39 is 0 Å². The summed E-state index contributed by atoms with van der Waals surface area (Å²) >= 11 is 0. The van der Waals surface area contributed by atoms with Crippen molar-refractivity contribution in [3.63, 3.8) is 0 Å². The Bertz CT molecular complexity index is 540. The predicted octanol–water partition coefficient (Wildman–Crippen LogP) is 1.45. The summed E-state index contributed by atoms with van der Waals surface area (Å²) in [7, 11) is 1.90. The highest BCUT2D eigenvalue weighted by atomic mass is 16.3. The van der Waals surface area contributed by atoms with Crippen molar-refractivity contribution in [2.45, 2.75) is 6.42 Å². The fourth-order valence-corrected chi connectivity index (χ4v) is 1.55. The molecule has 2 aromatic heterocycles. The SMILES string of the molecule is C=C(NNC(=O)Cc1cccn1C)c1ccco1. The topological polar surface area (TPSA) is 59.2 Å². The Hall–Kier alpha value is -2.43. The molecule has 2 aromatic rings. The summed E-state index contributed by atoms with van der Waals surface area (Å²) in [4.78, 5) is 11.7. The van der Waals surface area contributed by atoms with E-state index in [1.165, 1.54) is 0 Å². The van der Waals surface area contributed by atoms with E-state index in [1.807, 2.05) is 29.9 Å². The van der Waals surface area contributed by atoms with Crippen molar-refractivity contribution in [3.05, 3.63) is 54.8 Å². The van der Waals surface area contributed by atoms with Crippen LogP contribution in [0.5, 0.6) is 0 Å². The first-order valence-electron chi connectivity index (χ1n) is 5.54. The predicted molar refractivity (Wildman–Crippen MR) is 68.1 cm³/mol. The summed E-state index contributed by atoms with van der Waals surface area (Å²) in [6, 6.07) is 7.32. The number of carbonyl (C=O) groups is 1. The highest BCUT2D eigenvalue weighted by Gasteiger charge is 2.07.